The molecule has 1 heterocycles. The molecule has 0 amide bonds. The van der Waals surface area contributed by atoms with E-state index in [-0.39, 0.29) is 0 Å². The van der Waals surface area contributed by atoms with E-state index in [1.807, 2.05) is 18.5 Å². The standard InChI is InChI=1S/C12H24N2Si2/c1-15(2,3)14(16(4,5)6)11-12-8-7-9-13-10-12/h7-10H,11H2,1-6H3. The molecule has 1 aromatic rings. The van der Waals surface area contributed by atoms with Crippen molar-refractivity contribution in [3.05, 3.63) is 30.1 Å². The molecule has 1 rings (SSSR count). The van der Waals surface area contributed by atoms with Crippen molar-refractivity contribution in [3.8, 4) is 0 Å². The van der Waals surface area contributed by atoms with Crippen LogP contribution in [0.4, 0.5) is 0 Å². The van der Waals surface area contributed by atoms with Crippen LogP contribution in [0.25, 0.3) is 0 Å². The fraction of sp³-hybridized carbons (Fsp3) is 0.583. The van der Waals surface area contributed by atoms with Gasteiger partial charge in [-0.2, -0.15) is 0 Å². The first-order chi connectivity index (χ1) is 7.21. The second kappa shape index (κ2) is 4.81. The Kier molecular flexibility index (Phi) is 4.09. The van der Waals surface area contributed by atoms with E-state index in [0.717, 1.165) is 6.54 Å². The molecule has 0 aliphatic heterocycles. The lowest BCUT2D eigenvalue weighted by atomic mass is 10.3. The van der Waals surface area contributed by atoms with Gasteiger partial charge >= 0.3 is 0 Å². The third kappa shape index (κ3) is 3.84. The van der Waals surface area contributed by atoms with Crippen LogP contribution in [0.5, 0.6) is 0 Å². The summed E-state index contributed by atoms with van der Waals surface area (Å²) in [5.41, 5.74) is 1.34. The minimum atomic E-state index is -1.24. The normalized spacial score (nSPS) is 13.2. The van der Waals surface area contributed by atoms with E-state index >= 15 is 0 Å². The minimum Gasteiger partial charge on any atom is -0.342 e. The third-order valence-electron chi connectivity index (χ3n) is 2.68. The van der Waals surface area contributed by atoms with E-state index in [0.29, 0.717) is 0 Å². The van der Waals surface area contributed by atoms with Crippen LogP contribution in [0, 0.1) is 0 Å². The lowest BCUT2D eigenvalue weighted by molar-refractivity contribution is 0.610. The monoisotopic (exact) mass is 252 g/mol. The quantitative estimate of drug-likeness (QED) is 0.762. The van der Waals surface area contributed by atoms with Gasteiger partial charge < -0.3 is 4.23 Å². The molecular formula is C12H24N2Si2. The fourth-order valence-corrected chi connectivity index (χ4v) is 11.5. The van der Waals surface area contributed by atoms with Gasteiger partial charge in [-0.25, -0.2) is 0 Å². The highest BCUT2D eigenvalue weighted by Crippen LogP contribution is 2.22. The molecule has 0 fully saturated rings. The van der Waals surface area contributed by atoms with Crippen LogP contribution in [0.3, 0.4) is 0 Å². The molecule has 0 aliphatic rings. The van der Waals surface area contributed by atoms with Gasteiger partial charge in [0.2, 0.25) is 0 Å². The first-order valence-electron chi connectivity index (χ1n) is 5.88. The van der Waals surface area contributed by atoms with Crippen molar-refractivity contribution in [1.29, 1.82) is 0 Å². The Morgan fingerprint density at radius 2 is 1.62 bits per heavy atom. The van der Waals surface area contributed by atoms with E-state index in [2.05, 4.69) is 54.6 Å². The molecule has 90 valence electrons. The van der Waals surface area contributed by atoms with Crippen LogP contribution in [0.15, 0.2) is 24.5 Å². The second-order valence-corrected chi connectivity index (χ2v) is 16.5. The molecular weight excluding hydrogens is 228 g/mol. The smallest absolute Gasteiger partial charge is 0.112 e. The Morgan fingerprint density at radius 1 is 1.06 bits per heavy atom. The maximum atomic E-state index is 4.21. The average molecular weight is 253 g/mol. The summed E-state index contributed by atoms with van der Waals surface area (Å²) in [6.45, 7) is 15.7. The summed E-state index contributed by atoms with van der Waals surface area (Å²) < 4.78 is 2.77. The number of rotatable bonds is 4. The molecule has 1 aromatic heterocycles. The maximum Gasteiger partial charge on any atom is 0.112 e. The minimum absolute atomic E-state index is 1.07. The Bertz CT molecular complexity index is 311. The predicted octanol–water partition coefficient (Wildman–Crippen LogP) is 3.55. The zero-order chi connectivity index (χ0) is 12.4. The molecule has 0 unspecified atom stereocenters. The molecule has 4 heteroatoms. The largest absolute Gasteiger partial charge is 0.342 e. The molecule has 0 radical (unpaired) electrons. The summed E-state index contributed by atoms with van der Waals surface area (Å²) >= 11 is 0. The van der Waals surface area contributed by atoms with Crippen molar-refractivity contribution in [2.24, 2.45) is 0 Å². The van der Waals surface area contributed by atoms with E-state index in [1.165, 1.54) is 5.56 Å². The first-order valence-corrected chi connectivity index (χ1v) is 12.8. The Balaban J connectivity index is 2.89. The van der Waals surface area contributed by atoms with Crippen LogP contribution in [-0.2, 0) is 6.54 Å². The number of hydrogen-bond donors (Lipinski definition) is 0. The first kappa shape index (κ1) is 13.6. The van der Waals surface area contributed by atoms with Crippen LogP contribution in [0.1, 0.15) is 5.56 Å². The summed E-state index contributed by atoms with van der Waals surface area (Å²) in [5.74, 6) is 0. The van der Waals surface area contributed by atoms with Crippen LogP contribution in [0.2, 0.25) is 39.3 Å². The maximum absolute atomic E-state index is 4.21. The fourth-order valence-electron chi connectivity index (χ4n) is 2.15. The van der Waals surface area contributed by atoms with Crippen LogP contribution in [-0.4, -0.2) is 25.7 Å². The van der Waals surface area contributed by atoms with Gasteiger partial charge in [0.1, 0.15) is 16.5 Å². The number of pyridine rings is 1. The molecule has 0 saturated carbocycles. The topological polar surface area (TPSA) is 16.1 Å². The Labute approximate surface area is 102 Å². The van der Waals surface area contributed by atoms with E-state index in [1.54, 1.807) is 0 Å². The lowest BCUT2D eigenvalue weighted by Crippen LogP contribution is -2.58. The molecule has 0 atom stereocenters. The molecule has 0 bridgehead atoms. The summed E-state index contributed by atoms with van der Waals surface area (Å²) in [6, 6.07) is 4.21. The SMILES string of the molecule is C[Si](C)(C)N(Cc1cccnc1)[Si](C)(C)C. The summed E-state index contributed by atoms with van der Waals surface area (Å²) in [7, 11) is -2.48. The van der Waals surface area contributed by atoms with Gasteiger partial charge in [-0.1, -0.05) is 45.3 Å². The number of hydrogen-bond acceptors (Lipinski definition) is 2. The van der Waals surface area contributed by atoms with Gasteiger partial charge in [0.05, 0.1) is 0 Å². The van der Waals surface area contributed by atoms with Gasteiger partial charge in [-0.15, -0.1) is 0 Å². The number of aromatic nitrogens is 1. The summed E-state index contributed by atoms with van der Waals surface area (Å²) in [5, 5.41) is 0. The third-order valence-corrected chi connectivity index (χ3v) is 10.3. The molecule has 2 nitrogen and oxygen atoms in total. The second-order valence-electron chi connectivity index (χ2n) is 6.29. The van der Waals surface area contributed by atoms with Crippen molar-refractivity contribution in [1.82, 2.24) is 9.22 Å². The highest BCUT2D eigenvalue weighted by Gasteiger charge is 2.34. The molecule has 0 N–H and O–H groups in total. The predicted molar refractivity (Wildman–Crippen MR) is 76.5 cm³/mol. The van der Waals surface area contributed by atoms with Crippen molar-refractivity contribution in [2.45, 2.75) is 45.8 Å². The van der Waals surface area contributed by atoms with Gasteiger partial charge in [0.15, 0.2) is 0 Å². The molecule has 0 aliphatic carbocycles. The lowest BCUT2D eigenvalue weighted by Gasteiger charge is -2.43. The highest BCUT2D eigenvalue weighted by atomic mass is 28.4. The van der Waals surface area contributed by atoms with E-state index in [4.69, 9.17) is 0 Å². The van der Waals surface area contributed by atoms with Crippen LogP contribution >= 0.6 is 0 Å². The van der Waals surface area contributed by atoms with Gasteiger partial charge in [-0.3, -0.25) is 4.98 Å². The average Bonchev–Trinajstić information content (AvgIpc) is 2.12. The Morgan fingerprint density at radius 3 is 2.00 bits per heavy atom. The zero-order valence-electron chi connectivity index (χ0n) is 11.4. The van der Waals surface area contributed by atoms with Crippen LogP contribution < -0.4 is 0 Å². The van der Waals surface area contributed by atoms with E-state index in [9.17, 15) is 0 Å². The zero-order valence-corrected chi connectivity index (χ0v) is 13.4. The van der Waals surface area contributed by atoms with Crippen molar-refractivity contribution >= 4 is 16.5 Å². The van der Waals surface area contributed by atoms with Crippen molar-refractivity contribution < 1.29 is 0 Å². The summed E-state index contributed by atoms with van der Waals surface area (Å²) in [6.07, 6.45) is 3.84. The van der Waals surface area contributed by atoms with Gasteiger partial charge in [-0.05, 0) is 11.6 Å². The van der Waals surface area contributed by atoms with Gasteiger partial charge in [0, 0.05) is 18.9 Å². The van der Waals surface area contributed by atoms with Crippen molar-refractivity contribution in [3.63, 3.8) is 0 Å². The highest BCUT2D eigenvalue weighted by molar-refractivity contribution is 6.89. The van der Waals surface area contributed by atoms with E-state index < -0.39 is 16.5 Å². The van der Waals surface area contributed by atoms with Crippen molar-refractivity contribution in [2.75, 3.05) is 0 Å². The number of nitrogens with zero attached hydrogens (tertiary/aromatic N) is 2. The molecule has 0 saturated heterocycles. The summed E-state index contributed by atoms with van der Waals surface area (Å²) in [4.78, 5) is 4.21. The molecule has 16 heavy (non-hydrogen) atoms. The Hall–Kier alpha value is -0.456. The molecule has 0 aromatic carbocycles. The van der Waals surface area contributed by atoms with Gasteiger partial charge in [0.25, 0.3) is 0 Å². The molecule has 0 spiro atoms.